The number of aromatic nitrogens is 3. The number of aryl methyl sites for hydroxylation is 1. The molecule has 0 atom stereocenters. The van der Waals surface area contributed by atoms with E-state index < -0.39 is 11.6 Å². The summed E-state index contributed by atoms with van der Waals surface area (Å²) in [6, 6.07) is 3.23. The number of benzene rings is 1. The molecular formula is C17H24F2N6O. The Kier molecular flexibility index (Phi) is 7.78. The van der Waals surface area contributed by atoms with Crippen LogP contribution in [-0.4, -0.2) is 47.0 Å². The lowest BCUT2D eigenvalue weighted by Gasteiger charge is -2.12. The number of hydrogen-bond acceptors (Lipinski definition) is 4. The Labute approximate surface area is 151 Å². The topological polar surface area (TPSA) is 76.4 Å². The monoisotopic (exact) mass is 366 g/mol. The minimum atomic E-state index is -0.716. The maximum Gasteiger partial charge on any atom is 0.191 e. The third-order valence-corrected chi connectivity index (χ3v) is 3.51. The zero-order chi connectivity index (χ0) is 18.8. The van der Waals surface area contributed by atoms with Gasteiger partial charge in [-0.05, 0) is 19.1 Å². The van der Waals surface area contributed by atoms with E-state index in [0.717, 1.165) is 24.4 Å². The van der Waals surface area contributed by atoms with Crippen LogP contribution in [0.1, 0.15) is 19.7 Å². The number of nitrogens with zero attached hydrogens (tertiary/aromatic N) is 4. The van der Waals surface area contributed by atoms with Gasteiger partial charge in [0.1, 0.15) is 24.6 Å². The Morgan fingerprint density at radius 3 is 2.85 bits per heavy atom. The Hall–Kier alpha value is -2.71. The zero-order valence-corrected chi connectivity index (χ0v) is 15.0. The molecule has 0 bridgehead atoms. The van der Waals surface area contributed by atoms with Gasteiger partial charge in [-0.3, -0.25) is 4.99 Å². The normalized spacial score (nSPS) is 11.5. The lowest BCUT2D eigenvalue weighted by molar-refractivity contribution is 0.304. The van der Waals surface area contributed by atoms with Gasteiger partial charge in [0.15, 0.2) is 17.5 Å². The van der Waals surface area contributed by atoms with E-state index in [1.54, 1.807) is 6.33 Å². The van der Waals surface area contributed by atoms with Crippen molar-refractivity contribution in [2.24, 2.45) is 4.99 Å². The van der Waals surface area contributed by atoms with Gasteiger partial charge in [-0.25, -0.2) is 8.78 Å². The van der Waals surface area contributed by atoms with Gasteiger partial charge in [0.2, 0.25) is 0 Å². The van der Waals surface area contributed by atoms with Crippen LogP contribution >= 0.6 is 0 Å². The SMILES string of the molecule is CCNC(=NCCn1cnnc1CC)NCCOc1ccc(F)cc1F. The molecule has 1 aromatic heterocycles. The van der Waals surface area contributed by atoms with E-state index in [-0.39, 0.29) is 12.4 Å². The van der Waals surface area contributed by atoms with Gasteiger partial charge in [-0.1, -0.05) is 6.92 Å². The van der Waals surface area contributed by atoms with Gasteiger partial charge in [-0.15, -0.1) is 10.2 Å². The third kappa shape index (κ3) is 5.98. The number of nitrogens with one attached hydrogen (secondary N) is 2. The van der Waals surface area contributed by atoms with E-state index in [2.05, 4.69) is 25.8 Å². The Balaban J connectivity index is 1.78. The molecule has 9 heteroatoms. The molecule has 0 spiro atoms. The average Bonchev–Trinajstić information content (AvgIpc) is 3.07. The van der Waals surface area contributed by atoms with Crippen LogP contribution in [0.2, 0.25) is 0 Å². The maximum atomic E-state index is 13.5. The summed E-state index contributed by atoms with van der Waals surface area (Å²) in [5.41, 5.74) is 0. The molecule has 0 amide bonds. The highest BCUT2D eigenvalue weighted by molar-refractivity contribution is 5.79. The van der Waals surface area contributed by atoms with Crippen LogP contribution in [0.5, 0.6) is 5.75 Å². The predicted octanol–water partition coefficient (Wildman–Crippen LogP) is 1.75. The summed E-state index contributed by atoms with van der Waals surface area (Å²) >= 11 is 0. The van der Waals surface area contributed by atoms with Gasteiger partial charge >= 0.3 is 0 Å². The van der Waals surface area contributed by atoms with E-state index in [0.29, 0.717) is 32.1 Å². The van der Waals surface area contributed by atoms with Gasteiger partial charge < -0.3 is 19.9 Å². The number of ether oxygens (including phenoxy) is 1. The smallest absolute Gasteiger partial charge is 0.191 e. The van der Waals surface area contributed by atoms with E-state index in [4.69, 9.17) is 4.74 Å². The Bertz CT molecular complexity index is 719. The van der Waals surface area contributed by atoms with E-state index >= 15 is 0 Å². The summed E-state index contributed by atoms with van der Waals surface area (Å²) in [4.78, 5) is 4.48. The quantitative estimate of drug-likeness (QED) is 0.402. The first kappa shape index (κ1) is 19.6. The summed E-state index contributed by atoms with van der Waals surface area (Å²) in [7, 11) is 0. The highest BCUT2D eigenvalue weighted by Crippen LogP contribution is 2.17. The van der Waals surface area contributed by atoms with Crippen molar-refractivity contribution in [2.75, 3.05) is 26.2 Å². The summed E-state index contributed by atoms with van der Waals surface area (Å²) in [5, 5.41) is 14.2. The second-order valence-electron chi connectivity index (χ2n) is 5.40. The second kappa shape index (κ2) is 10.3. The molecule has 0 aliphatic rings. The minimum Gasteiger partial charge on any atom is -0.489 e. The molecule has 142 valence electrons. The molecule has 0 saturated carbocycles. The van der Waals surface area contributed by atoms with Crippen molar-refractivity contribution in [2.45, 2.75) is 26.8 Å². The summed E-state index contributed by atoms with van der Waals surface area (Å²) < 4.78 is 33.6. The van der Waals surface area contributed by atoms with Crippen LogP contribution in [-0.2, 0) is 13.0 Å². The van der Waals surface area contributed by atoms with Crippen LogP contribution in [0.25, 0.3) is 0 Å². The Morgan fingerprint density at radius 1 is 1.27 bits per heavy atom. The van der Waals surface area contributed by atoms with Crippen molar-refractivity contribution < 1.29 is 13.5 Å². The number of rotatable bonds is 9. The fourth-order valence-electron chi connectivity index (χ4n) is 2.27. The minimum absolute atomic E-state index is 0.0230. The molecule has 2 rings (SSSR count). The number of halogens is 2. The molecule has 2 aromatic rings. The highest BCUT2D eigenvalue weighted by atomic mass is 19.1. The van der Waals surface area contributed by atoms with Gasteiger partial charge in [0.25, 0.3) is 0 Å². The van der Waals surface area contributed by atoms with Crippen molar-refractivity contribution in [3.8, 4) is 5.75 Å². The molecule has 0 fully saturated rings. The molecular weight excluding hydrogens is 342 g/mol. The molecule has 1 aromatic carbocycles. The van der Waals surface area contributed by atoms with Crippen LogP contribution in [0.15, 0.2) is 29.5 Å². The van der Waals surface area contributed by atoms with Crippen LogP contribution in [0.4, 0.5) is 8.78 Å². The van der Waals surface area contributed by atoms with Crippen molar-refractivity contribution in [3.63, 3.8) is 0 Å². The molecule has 0 aliphatic carbocycles. The van der Waals surface area contributed by atoms with Crippen LogP contribution in [0.3, 0.4) is 0 Å². The number of hydrogen-bond donors (Lipinski definition) is 2. The molecule has 0 unspecified atom stereocenters. The van der Waals surface area contributed by atoms with Crippen LogP contribution < -0.4 is 15.4 Å². The molecule has 1 heterocycles. The first-order chi connectivity index (χ1) is 12.6. The fourth-order valence-corrected chi connectivity index (χ4v) is 2.27. The van der Waals surface area contributed by atoms with Crippen molar-refractivity contribution in [3.05, 3.63) is 42.0 Å². The lowest BCUT2D eigenvalue weighted by Crippen LogP contribution is -2.39. The molecule has 7 nitrogen and oxygen atoms in total. The highest BCUT2D eigenvalue weighted by Gasteiger charge is 2.05. The number of guanidine groups is 1. The summed E-state index contributed by atoms with van der Waals surface area (Å²) in [6.07, 6.45) is 2.51. The maximum absolute atomic E-state index is 13.5. The van der Waals surface area contributed by atoms with Gasteiger partial charge in [-0.2, -0.15) is 0 Å². The fraction of sp³-hybridized carbons (Fsp3) is 0.471. The average molecular weight is 366 g/mol. The molecule has 0 aliphatic heterocycles. The van der Waals surface area contributed by atoms with Gasteiger partial charge in [0.05, 0.1) is 13.1 Å². The Morgan fingerprint density at radius 2 is 2.12 bits per heavy atom. The summed E-state index contributed by atoms with van der Waals surface area (Å²) in [6.45, 7) is 6.60. The second-order valence-corrected chi connectivity index (χ2v) is 5.40. The van der Waals surface area contributed by atoms with Crippen molar-refractivity contribution in [1.29, 1.82) is 0 Å². The van der Waals surface area contributed by atoms with Crippen molar-refractivity contribution in [1.82, 2.24) is 25.4 Å². The largest absolute Gasteiger partial charge is 0.489 e. The summed E-state index contributed by atoms with van der Waals surface area (Å²) in [5.74, 6) is 0.240. The first-order valence-electron chi connectivity index (χ1n) is 8.60. The van der Waals surface area contributed by atoms with E-state index in [1.165, 1.54) is 6.07 Å². The predicted molar refractivity (Wildman–Crippen MR) is 95.2 cm³/mol. The van der Waals surface area contributed by atoms with Gasteiger partial charge in [0, 0.05) is 25.6 Å². The molecule has 26 heavy (non-hydrogen) atoms. The molecule has 0 saturated heterocycles. The zero-order valence-electron chi connectivity index (χ0n) is 15.0. The third-order valence-electron chi connectivity index (χ3n) is 3.51. The standard InChI is InChI=1S/C17H24F2N6O/c1-3-16-24-23-12-25(16)9-7-21-17(20-4-2)22-8-10-26-15-6-5-13(18)11-14(15)19/h5-6,11-12H,3-4,7-10H2,1-2H3,(H2,20,21,22). The van der Waals surface area contributed by atoms with Crippen molar-refractivity contribution >= 4 is 5.96 Å². The molecule has 0 radical (unpaired) electrons. The number of aliphatic imine (C=N–C) groups is 1. The van der Waals surface area contributed by atoms with E-state index in [9.17, 15) is 8.78 Å². The van der Waals surface area contributed by atoms with E-state index in [1.807, 2.05) is 18.4 Å². The van der Waals surface area contributed by atoms with Crippen LogP contribution in [0, 0.1) is 11.6 Å². The first-order valence-corrected chi connectivity index (χ1v) is 8.60. The molecule has 2 N–H and O–H groups in total. The lowest BCUT2D eigenvalue weighted by atomic mass is 10.3.